The van der Waals surface area contributed by atoms with Gasteiger partial charge in [-0.25, -0.2) is 0 Å². The Kier molecular flexibility index (Phi) is 3.02. The summed E-state index contributed by atoms with van der Waals surface area (Å²) in [6.45, 7) is 6.72. The lowest BCUT2D eigenvalue weighted by Crippen LogP contribution is -2.04. The summed E-state index contributed by atoms with van der Waals surface area (Å²) in [6, 6.07) is 10.4. The monoisotopic (exact) mass is 200 g/mol. The Labute approximate surface area is 91.1 Å². The van der Waals surface area contributed by atoms with Gasteiger partial charge < -0.3 is 4.74 Å². The smallest absolute Gasteiger partial charge is 0.0866 e. The molecule has 1 aliphatic heterocycles. The molecule has 0 bridgehead atoms. The highest BCUT2D eigenvalue weighted by Crippen LogP contribution is 2.28. The third-order valence-electron chi connectivity index (χ3n) is 2.60. The second kappa shape index (κ2) is 4.45. The molecular formula is C14H16O. The Hall–Kier alpha value is -1.34. The SMILES string of the molecule is C=C1C=C(C)CC(c2ccccc2)OC1. The predicted molar refractivity (Wildman–Crippen MR) is 62.6 cm³/mol. The summed E-state index contributed by atoms with van der Waals surface area (Å²) in [4.78, 5) is 0. The fourth-order valence-electron chi connectivity index (χ4n) is 1.89. The summed E-state index contributed by atoms with van der Waals surface area (Å²) in [5.74, 6) is 0. The van der Waals surface area contributed by atoms with Crippen molar-refractivity contribution in [2.45, 2.75) is 19.4 Å². The Morgan fingerprint density at radius 1 is 1.27 bits per heavy atom. The molecule has 78 valence electrons. The lowest BCUT2D eigenvalue weighted by atomic mass is 10.0. The number of benzene rings is 1. The molecular weight excluding hydrogens is 184 g/mol. The Balaban J connectivity index is 2.19. The van der Waals surface area contributed by atoms with Gasteiger partial charge in [0.15, 0.2) is 0 Å². The van der Waals surface area contributed by atoms with Crippen molar-refractivity contribution in [1.82, 2.24) is 0 Å². The van der Waals surface area contributed by atoms with Gasteiger partial charge in [0.25, 0.3) is 0 Å². The minimum absolute atomic E-state index is 0.182. The van der Waals surface area contributed by atoms with Crippen molar-refractivity contribution in [2.75, 3.05) is 6.61 Å². The van der Waals surface area contributed by atoms with E-state index in [1.54, 1.807) is 0 Å². The van der Waals surface area contributed by atoms with Gasteiger partial charge in [-0.3, -0.25) is 0 Å². The molecule has 0 fully saturated rings. The predicted octanol–water partition coefficient (Wildman–Crippen LogP) is 3.65. The van der Waals surface area contributed by atoms with E-state index in [0.29, 0.717) is 6.61 Å². The normalized spacial score (nSPS) is 22.1. The van der Waals surface area contributed by atoms with Gasteiger partial charge in [-0.15, -0.1) is 0 Å². The van der Waals surface area contributed by atoms with Crippen molar-refractivity contribution in [3.8, 4) is 0 Å². The first-order chi connectivity index (χ1) is 7.25. The zero-order chi connectivity index (χ0) is 10.7. The van der Waals surface area contributed by atoms with Crippen LogP contribution < -0.4 is 0 Å². The van der Waals surface area contributed by atoms with Gasteiger partial charge in [-0.1, -0.05) is 48.6 Å². The van der Waals surface area contributed by atoms with Crippen LogP contribution in [0, 0.1) is 0 Å². The molecule has 1 aliphatic rings. The van der Waals surface area contributed by atoms with Crippen LogP contribution in [0.4, 0.5) is 0 Å². The van der Waals surface area contributed by atoms with Crippen molar-refractivity contribution in [2.24, 2.45) is 0 Å². The third-order valence-corrected chi connectivity index (χ3v) is 2.60. The molecule has 0 amide bonds. The molecule has 15 heavy (non-hydrogen) atoms. The van der Waals surface area contributed by atoms with E-state index in [1.165, 1.54) is 11.1 Å². The molecule has 0 saturated carbocycles. The molecule has 0 N–H and O–H groups in total. The highest BCUT2D eigenvalue weighted by Gasteiger charge is 2.15. The quantitative estimate of drug-likeness (QED) is 0.672. The lowest BCUT2D eigenvalue weighted by molar-refractivity contribution is 0.0746. The van der Waals surface area contributed by atoms with E-state index in [9.17, 15) is 0 Å². The van der Waals surface area contributed by atoms with E-state index in [1.807, 2.05) is 6.07 Å². The van der Waals surface area contributed by atoms with Gasteiger partial charge in [-0.2, -0.15) is 0 Å². The largest absolute Gasteiger partial charge is 0.369 e. The summed E-state index contributed by atoms with van der Waals surface area (Å²) < 4.78 is 5.82. The van der Waals surface area contributed by atoms with Crippen LogP contribution >= 0.6 is 0 Å². The van der Waals surface area contributed by atoms with Crippen LogP contribution in [0.15, 0.2) is 54.1 Å². The van der Waals surface area contributed by atoms with Crippen LogP contribution in [0.3, 0.4) is 0 Å². The van der Waals surface area contributed by atoms with E-state index in [0.717, 1.165) is 12.0 Å². The second-order valence-corrected chi connectivity index (χ2v) is 4.06. The zero-order valence-electron chi connectivity index (χ0n) is 9.07. The summed E-state index contributed by atoms with van der Waals surface area (Å²) in [6.07, 6.45) is 3.27. The molecule has 1 atom stereocenters. The molecule has 1 aromatic rings. The molecule has 0 aromatic heterocycles. The molecule has 0 aliphatic carbocycles. The van der Waals surface area contributed by atoms with Crippen molar-refractivity contribution in [3.05, 3.63) is 59.7 Å². The van der Waals surface area contributed by atoms with E-state index in [2.05, 4.69) is 43.8 Å². The Bertz CT molecular complexity index is 376. The maximum absolute atomic E-state index is 5.82. The summed E-state index contributed by atoms with van der Waals surface area (Å²) in [7, 11) is 0. The van der Waals surface area contributed by atoms with E-state index < -0.39 is 0 Å². The third kappa shape index (κ3) is 2.57. The first-order valence-corrected chi connectivity index (χ1v) is 5.27. The van der Waals surface area contributed by atoms with E-state index in [-0.39, 0.29) is 6.10 Å². The minimum Gasteiger partial charge on any atom is -0.369 e. The molecule has 1 nitrogen and oxygen atoms in total. The molecule has 1 heteroatoms. The maximum atomic E-state index is 5.82. The fourth-order valence-corrected chi connectivity index (χ4v) is 1.89. The van der Waals surface area contributed by atoms with Gasteiger partial charge in [0.1, 0.15) is 0 Å². The van der Waals surface area contributed by atoms with Crippen LogP contribution in [0.5, 0.6) is 0 Å². The number of ether oxygens (including phenoxy) is 1. The molecule has 2 rings (SSSR count). The first-order valence-electron chi connectivity index (χ1n) is 5.27. The van der Waals surface area contributed by atoms with Crippen molar-refractivity contribution >= 4 is 0 Å². The zero-order valence-corrected chi connectivity index (χ0v) is 9.07. The summed E-state index contributed by atoms with van der Waals surface area (Å²) in [5.41, 5.74) is 3.65. The van der Waals surface area contributed by atoms with Crippen molar-refractivity contribution in [3.63, 3.8) is 0 Å². The molecule has 1 heterocycles. The second-order valence-electron chi connectivity index (χ2n) is 4.06. The molecule has 1 unspecified atom stereocenters. The van der Waals surface area contributed by atoms with Gasteiger partial charge in [0, 0.05) is 0 Å². The fraction of sp³-hybridized carbons (Fsp3) is 0.286. The average molecular weight is 200 g/mol. The standard InChI is InChI=1S/C14H16O/c1-11-8-12(2)10-15-14(9-11)13-6-4-3-5-7-13/h3-8,14H,2,9-10H2,1H3. The maximum Gasteiger partial charge on any atom is 0.0866 e. The number of rotatable bonds is 1. The van der Waals surface area contributed by atoms with Crippen LogP contribution in [0.2, 0.25) is 0 Å². The van der Waals surface area contributed by atoms with Crippen LogP contribution in [-0.4, -0.2) is 6.61 Å². The van der Waals surface area contributed by atoms with Gasteiger partial charge in [0.05, 0.1) is 12.7 Å². The van der Waals surface area contributed by atoms with Crippen molar-refractivity contribution in [1.29, 1.82) is 0 Å². The van der Waals surface area contributed by atoms with Gasteiger partial charge in [-0.05, 0) is 24.5 Å². The lowest BCUT2D eigenvalue weighted by Gasteiger charge is -2.15. The van der Waals surface area contributed by atoms with Gasteiger partial charge in [0.2, 0.25) is 0 Å². The Morgan fingerprint density at radius 2 is 2.00 bits per heavy atom. The van der Waals surface area contributed by atoms with E-state index in [4.69, 9.17) is 4.74 Å². The minimum atomic E-state index is 0.182. The molecule has 1 aromatic carbocycles. The average Bonchev–Trinajstić information content (AvgIpc) is 2.41. The number of hydrogen-bond acceptors (Lipinski definition) is 1. The molecule has 0 spiro atoms. The summed E-state index contributed by atoms with van der Waals surface area (Å²) in [5, 5.41) is 0. The highest BCUT2D eigenvalue weighted by atomic mass is 16.5. The molecule has 0 radical (unpaired) electrons. The van der Waals surface area contributed by atoms with Crippen LogP contribution in [0.1, 0.15) is 25.0 Å². The Morgan fingerprint density at radius 3 is 2.73 bits per heavy atom. The van der Waals surface area contributed by atoms with E-state index >= 15 is 0 Å². The molecule has 0 saturated heterocycles. The topological polar surface area (TPSA) is 9.23 Å². The first kappa shape index (κ1) is 10.2. The van der Waals surface area contributed by atoms with Crippen LogP contribution in [0.25, 0.3) is 0 Å². The summed E-state index contributed by atoms with van der Waals surface area (Å²) >= 11 is 0. The van der Waals surface area contributed by atoms with Gasteiger partial charge >= 0.3 is 0 Å². The highest BCUT2D eigenvalue weighted by molar-refractivity contribution is 5.26. The van der Waals surface area contributed by atoms with Crippen molar-refractivity contribution < 1.29 is 4.74 Å². The van der Waals surface area contributed by atoms with Crippen LogP contribution in [-0.2, 0) is 4.74 Å². The number of hydrogen-bond donors (Lipinski definition) is 0.